The average Bonchev–Trinajstić information content (AvgIpc) is 2.66. The normalized spacial score (nSPS) is 41.4. The van der Waals surface area contributed by atoms with Crippen LogP contribution in [0.25, 0.3) is 0 Å². The Morgan fingerprint density at radius 1 is 1.04 bits per heavy atom. The van der Waals surface area contributed by atoms with E-state index < -0.39 is 24.3 Å². The summed E-state index contributed by atoms with van der Waals surface area (Å²) in [4.78, 5) is -0.228. The number of rotatable bonds is 6. The molecule has 158 valence electrons. The monoisotopic (exact) mass is 454 g/mol. The van der Waals surface area contributed by atoms with E-state index in [1.54, 1.807) is 0 Å². The highest BCUT2D eigenvalue weighted by molar-refractivity contribution is 9.09. The molecule has 3 rings (SSSR count). The second-order valence-corrected chi connectivity index (χ2v) is 10.0. The van der Waals surface area contributed by atoms with Gasteiger partial charge in [-0.2, -0.15) is 8.78 Å². The van der Waals surface area contributed by atoms with Gasteiger partial charge in [-0.05, 0) is 69.6 Å². The van der Waals surface area contributed by atoms with Crippen LogP contribution in [0.15, 0.2) is 0 Å². The lowest BCUT2D eigenvalue weighted by atomic mass is 9.76. The summed E-state index contributed by atoms with van der Waals surface area (Å²) in [5.74, 6) is 0.331. The van der Waals surface area contributed by atoms with Crippen molar-refractivity contribution in [1.82, 2.24) is 0 Å². The van der Waals surface area contributed by atoms with Crippen molar-refractivity contribution in [3.63, 3.8) is 0 Å². The maximum Gasteiger partial charge on any atom is 0.358 e. The summed E-state index contributed by atoms with van der Waals surface area (Å²) in [6.07, 6.45) is 3.65. The molecule has 3 aliphatic rings. The number of hydrogen-bond acceptors (Lipinski definition) is 2. The first-order valence-corrected chi connectivity index (χ1v) is 11.8. The lowest BCUT2D eigenvalue weighted by Gasteiger charge is -2.40. The van der Waals surface area contributed by atoms with Crippen LogP contribution >= 0.6 is 15.9 Å². The van der Waals surface area contributed by atoms with E-state index in [1.165, 1.54) is 19.3 Å². The molecule has 3 fully saturated rings. The van der Waals surface area contributed by atoms with Crippen LogP contribution in [0.2, 0.25) is 0 Å². The number of alkyl halides is 4. The van der Waals surface area contributed by atoms with Gasteiger partial charge in [-0.25, -0.2) is 4.39 Å². The summed E-state index contributed by atoms with van der Waals surface area (Å²) in [6.45, 7) is 3.03. The van der Waals surface area contributed by atoms with Crippen LogP contribution in [0.3, 0.4) is 0 Å². The molecule has 5 unspecified atom stereocenters. The van der Waals surface area contributed by atoms with E-state index in [4.69, 9.17) is 9.47 Å². The first-order chi connectivity index (χ1) is 12.9. The highest BCUT2D eigenvalue weighted by Gasteiger charge is 2.46. The van der Waals surface area contributed by atoms with Crippen molar-refractivity contribution in [3.05, 3.63) is 0 Å². The third-order valence-electron chi connectivity index (χ3n) is 6.84. The highest BCUT2D eigenvalue weighted by Crippen LogP contribution is 2.44. The molecular formula is C21H34BrF3O2. The third kappa shape index (κ3) is 5.85. The van der Waals surface area contributed by atoms with Gasteiger partial charge in [0.1, 0.15) is 6.17 Å². The van der Waals surface area contributed by atoms with E-state index >= 15 is 0 Å². The fraction of sp³-hybridized carbons (Fsp3) is 1.00. The Balaban J connectivity index is 1.43. The molecule has 2 aliphatic carbocycles. The van der Waals surface area contributed by atoms with E-state index in [0.29, 0.717) is 37.5 Å². The molecule has 0 aromatic rings. The van der Waals surface area contributed by atoms with Crippen LogP contribution in [0, 0.1) is 17.8 Å². The lowest BCUT2D eigenvalue weighted by molar-refractivity contribution is -0.303. The predicted molar refractivity (Wildman–Crippen MR) is 104 cm³/mol. The molecule has 0 aromatic carbocycles. The maximum absolute atomic E-state index is 14.6. The molecule has 6 heteroatoms. The second kappa shape index (κ2) is 9.80. The zero-order valence-corrected chi connectivity index (χ0v) is 17.9. The van der Waals surface area contributed by atoms with E-state index in [9.17, 15) is 13.2 Å². The Kier molecular flexibility index (Phi) is 7.94. The van der Waals surface area contributed by atoms with Gasteiger partial charge in [0.05, 0.1) is 18.1 Å². The molecule has 0 bridgehead atoms. The van der Waals surface area contributed by atoms with Gasteiger partial charge < -0.3 is 9.47 Å². The van der Waals surface area contributed by atoms with Crippen LogP contribution in [-0.2, 0) is 9.47 Å². The summed E-state index contributed by atoms with van der Waals surface area (Å²) in [5, 5.41) is 0. The smallest absolute Gasteiger partial charge is 0.358 e. The van der Waals surface area contributed by atoms with E-state index in [2.05, 4.69) is 22.9 Å². The zero-order chi connectivity index (χ0) is 19.4. The SMILES string of the molecule is CCCC1CCC(C2CCC(C(F)(F)OC3CCC(Br)C(F)C3)CC2)OC1. The molecule has 2 nitrogen and oxygen atoms in total. The molecule has 0 N–H and O–H groups in total. The molecule has 1 aliphatic heterocycles. The largest absolute Gasteiger partial charge is 0.378 e. The zero-order valence-electron chi connectivity index (χ0n) is 16.4. The lowest BCUT2D eigenvalue weighted by Crippen LogP contribution is -2.42. The fourth-order valence-corrected chi connectivity index (χ4v) is 5.61. The van der Waals surface area contributed by atoms with Crippen molar-refractivity contribution in [2.24, 2.45) is 17.8 Å². The Bertz CT molecular complexity index is 449. The van der Waals surface area contributed by atoms with Crippen LogP contribution in [-0.4, -0.2) is 35.9 Å². The number of ether oxygens (including phenoxy) is 2. The van der Waals surface area contributed by atoms with Gasteiger partial charge in [0.25, 0.3) is 0 Å². The van der Waals surface area contributed by atoms with E-state index in [0.717, 1.165) is 25.9 Å². The Labute approximate surface area is 170 Å². The van der Waals surface area contributed by atoms with Crippen molar-refractivity contribution >= 4 is 15.9 Å². The van der Waals surface area contributed by atoms with Gasteiger partial charge in [0.2, 0.25) is 0 Å². The first kappa shape index (κ1) is 21.9. The van der Waals surface area contributed by atoms with E-state index in [-0.39, 0.29) is 17.4 Å². The van der Waals surface area contributed by atoms with Crippen LogP contribution < -0.4 is 0 Å². The van der Waals surface area contributed by atoms with Crippen molar-refractivity contribution in [2.45, 2.75) is 107 Å². The molecule has 0 spiro atoms. The van der Waals surface area contributed by atoms with Gasteiger partial charge in [-0.1, -0.05) is 29.3 Å². The molecule has 0 radical (unpaired) electrons. The van der Waals surface area contributed by atoms with Gasteiger partial charge in [0.15, 0.2) is 0 Å². The average molecular weight is 455 g/mol. The fourth-order valence-electron chi connectivity index (χ4n) is 5.13. The molecule has 0 aromatic heterocycles. The van der Waals surface area contributed by atoms with E-state index in [1.807, 2.05) is 0 Å². The minimum absolute atomic E-state index is 0.0652. The summed E-state index contributed by atoms with van der Waals surface area (Å²) in [7, 11) is 0. The van der Waals surface area contributed by atoms with Crippen LogP contribution in [0.1, 0.15) is 77.6 Å². The number of hydrogen-bond donors (Lipinski definition) is 0. The van der Waals surface area contributed by atoms with Crippen LogP contribution in [0.4, 0.5) is 13.2 Å². The molecule has 27 heavy (non-hydrogen) atoms. The molecule has 2 saturated carbocycles. The third-order valence-corrected chi connectivity index (χ3v) is 7.88. The Morgan fingerprint density at radius 2 is 1.78 bits per heavy atom. The van der Waals surface area contributed by atoms with Crippen LogP contribution in [0.5, 0.6) is 0 Å². The summed E-state index contributed by atoms with van der Waals surface area (Å²) in [5.41, 5.74) is 0. The van der Waals surface area contributed by atoms with Gasteiger partial charge >= 0.3 is 6.11 Å². The topological polar surface area (TPSA) is 18.5 Å². The van der Waals surface area contributed by atoms with Gasteiger partial charge in [-0.15, -0.1) is 0 Å². The molecule has 0 amide bonds. The minimum atomic E-state index is -3.14. The maximum atomic E-state index is 14.6. The highest BCUT2D eigenvalue weighted by atomic mass is 79.9. The van der Waals surface area contributed by atoms with Crippen molar-refractivity contribution in [1.29, 1.82) is 0 Å². The first-order valence-electron chi connectivity index (χ1n) is 10.8. The Morgan fingerprint density at radius 3 is 2.37 bits per heavy atom. The molecule has 1 heterocycles. The minimum Gasteiger partial charge on any atom is -0.378 e. The molecule has 5 atom stereocenters. The standard InChI is InChI=1S/C21H34BrF3O2/c1-2-3-14-4-11-20(26-13-14)15-5-7-16(8-6-15)21(24,25)27-17-9-10-18(22)19(23)12-17/h14-20H,2-13H2,1H3. The summed E-state index contributed by atoms with van der Waals surface area (Å²) < 4.78 is 54.3. The van der Waals surface area contributed by atoms with Crippen molar-refractivity contribution in [3.8, 4) is 0 Å². The van der Waals surface area contributed by atoms with Crippen molar-refractivity contribution in [2.75, 3.05) is 6.61 Å². The molecule has 1 saturated heterocycles. The second-order valence-electron chi connectivity index (χ2n) is 8.86. The molecular weight excluding hydrogens is 421 g/mol. The Hall–Kier alpha value is 0.190. The number of halogens is 4. The summed E-state index contributed by atoms with van der Waals surface area (Å²) >= 11 is 3.26. The van der Waals surface area contributed by atoms with Gasteiger partial charge in [-0.3, -0.25) is 0 Å². The predicted octanol–water partition coefficient (Wildman–Crippen LogP) is 6.65. The quantitative estimate of drug-likeness (QED) is 0.418. The summed E-state index contributed by atoms with van der Waals surface area (Å²) in [6, 6.07) is 0. The van der Waals surface area contributed by atoms with Gasteiger partial charge in [0, 0.05) is 17.9 Å². The van der Waals surface area contributed by atoms with Crippen molar-refractivity contribution < 1.29 is 22.6 Å².